The van der Waals surface area contributed by atoms with Crippen LogP contribution >= 0.6 is 0 Å². The minimum atomic E-state index is 1.04. The van der Waals surface area contributed by atoms with Gasteiger partial charge in [0, 0.05) is 11.8 Å². The summed E-state index contributed by atoms with van der Waals surface area (Å²) in [6.45, 7) is 2.09. The van der Waals surface area contributed by atoms with Gasteiger partial charge in [0.2, 0.25) is 0 Å². The lowest BCUT2D eigenvalue weighted by atomic mass is 10.1. The molecule has 0 fully saturated rings. The van der Waals surface area contributed by atoms with Crippen molar-refractivity contribution < 1.29 is 0 Å². The van der Waals surface area contributed by atoms with E-state index in [2.05, 4.69) is 42.5 Å². The fourth-order valence-corrected chi connectivity index (χ4v) is 2.05. The molecule has 0 saturated carbocycles. The van der Waals surface area contributed by atoms with Gasteiger partial charge in [-0.1, -0.05) is 48.5 Å². The zero-order valence-electron chi connectivity index (χ0n) is 10.2. The van der Waals surface area contributed by atoms with Gasteiger partial charge in [0.05, 0.1) is 11.4 Å². The maximum absolute atomic E-state index is 4.67. The molecule has 1 aromatic heterocycles. The van der Waals surface area contributed by atoms with Crippen molar-refractivity contribution in [2.45, 2.75) is 6.92 Å². The van der Waals surface area contributed by atoms with Crippen LogP contribution in [0.5, 0.6) is 0 Å². The Hall–Kier alpha value is -2.35. The molecule has 2 nitrogen and oxygen atoms in total. The molecule has 0 aliphatic rings. The molecular formula is C16H14N2. The third kappa shape index (κ3) is 1.93. The van der Waals surface area contributed by atoms with Gasteiger partial charge in [0.15, 0.2) is 0 Å². The van der Waals surface area contributed by atoms with E-state index < -0.39 is 0 Å². The number of hydrogen-bond donors (Lipinski definition) is 0. The second-order valence-corrected chi connectivity index (χ2v) is 4.31. The number of rotatable bonds is 2. The van der Waals surface area contributed by atoms with Gasteiger partial charge >= 0.3 is 0 Å². The van der Waals surface area contributed by atoms with E-state index in [0.717, 1.165) is 16.9 Å². The number of aromatic nitrogens is 2. The lowest BCUT2D eigenvalue weighted by Gasteiger charge is -2.00. The first-order valence-electron chi connectivity index (χ1n) is 6.02. The van der Waals surface area contributed by atoms with Crippen LogP contribution in [0, 0.1) is 6.92 Å². The van der Waals surface area contributed by atoms with Gasteiger partial charge in [-0.3, -0.25) is 0 Å². The second-order valence-electron chi connectivity index (χ2n) is 4.31. The molecule has 3 aromatic rings. The highest BCUT2D eigenvalue weighted by molar-refractivity contribution is 5.62. The zero-order valence-corrected chi connectivity index (χ0v) is 10.2. The number of hydrogen-bond acceptors (Lipinski definition) is 1. The van der Waals surface area contributed by atoms with Crippen LogP contribution in [-0.2, 0) is 0 Å². The van der Waals surface area contributed by atoms with Gasteiger partial charge in [-0.2, -0.15) is 5.10 Å². The Morgan fingerprint density at radius 1 is 0.833 bits per heavy atom. The van der Waals surface area contributed by atoms with Crippen LogP contribution in [0.3, 0.4) is 0 Å². The normalized spacial score (nSPS) is 10.5. The molecule has 0 atom stereocenters. The lowest BCUT2D eigenvalue weighted by molar-refractivity contribution is 0.884. The fraction of sp³-hybridized carbons (Fsp3) is 0.0625. The fourth-order valence-electron chi connectivity index (χ4n) is 2.05. The van der Waals surface area contributed by atoms with E-state index >= 15 is 0 Å². The number of benzene rings is 2. The summed E-state index contributed by atoms with van der Waals surface area (Å²) in [5.41, 5.74) is 4.47. The maximum Gasteiger partial charge on any atom is 0.0956 e. The molecule has 0 aliphatic carbocycles. The van der Waals surface area contributed by atoms with E-state index in [1.54, 1.807) is 0 Å². The molecule has 88 valence electrons. The SMILES string of the molecule is Cc1cn(-c2ccccc2)nc1-c1ccccc1. The first-order valence-corrected chi connectivity index (χ1v) is 6.02. The van der Waals surface area contributed by atoms with Crippen LogP contribution in [0.4, 0.5) is 0 Å². The Balaban J connectivity index is 2.07. The van der Waals surface area contributed by atoms with Gasteiger partial charge in [-0.05, 0) is 24.6 Å². The van der Waals surface area contributed by atoms with Crippen LogP contribution in [0.15, 0.2) is 66.9 Å². The monoisotopic (exact) mass is 234 g/mol. The predicted octanol–water partition coefficient (Wildman–Crippen LogP) is 3.85. The van der Waals surface area contributed by atoms with E-state index in [4.69, 9.17) is 0 Å². The molecule has 2 aromatic carbocycles. The average molecular weight is 234 g/mol. The molecule has 1 heterocycles. The van der Waals surface area contributed by atoms with Crippen LogP contribution in [0.2, 0.25) is 0 Å². The van der Waals surface area contributed by atoms with Gasteiger partial charge < -0.3 is 0 Å². The largest absolute Gasteiger partial charge is 0.240 e. The Morgan fingerprint density at radius 3 is 2.11 bits per heavy atom. The molecule has 0 N–H and O–H groups in total. The van der Waals surface area contributed by atoms with Gasteiger partial charge in [-0.15, -0.1) is 0 Å². The van der Waals surface area contributed by atoms with Crippen molar-refractivity contribution in [2.75, 3.05) is 0 Å². The molecule has 3 rings (SSSR count). The number of nitrogens with zero attached hydrogens (tertiary/aromatic N) is 2. The molecule has 0 radical (unpaired) electrons. The highest BCUT2D eigenvalue weighted by Crippen LogP contribution is 2.22. The highest BCUT2D eigenvalue weighted by Gasteiger charge is 2.07. The van der Waals surface area contributed by atoms with Crippen molar-refractivity contribution in [3.8, 4) is 16.9 Å². The quantitative estimate of drug-likeness (QED) is 0.658. The number of para-hydroxylation sites is 1. The van der Waals surface area contributed by atoms with E-state index in [-0.39, 0.29) is 0 Å². The summed E-state index contributed by atoms with van der Waals surface area (Å²) in [5, 5.41) is 4.67. The molecule has 0 aliphatic heterocycles. The Morgan fingerprint density at radius 2 is 1.44 bits per heavy atom. The first-order chi connectivity index (χ1) is 8.84. The minimum Gasteiger partial charge on any atom is -0.240 e. The number of aryl methyl sites for hydroxylation is 1. The molecular weight excluding hydrogens is 220 g/mol. The zero-order chi connectivity index (χ0) is 12.4. The van der Waals surface area contributed by atoms with Gasteiger partial charge in [0.25, 0.3) is 0 Å². The predicted molar refractivity (Wildman–Crippen MR) is 73.7 cm³/mol. The molecule has 0 amide bonds. The summed E-state index contributed by atoms with van der Waals surface area (Å²) in [6.07, 6.45) is 2.07. The van der Waals surface area contributed by atoms with Crippen molar-refractivity contribution in [3.63, 3.8) is 0 Å². The van der Waals surface area contributed by atoms with Crippen molar-refractivity contribution in [1.29, 1.82) is 0 Å². The third-order valence-electron chi connectivity index (χ3n) is 2.97. The Bertz CT molecular complexity index is 639. The Labute approximate surface area is 107 Å². The van der Waals surface area contributed by atoms with Crippen molar-refractivity contribution in [2.24, 2.45) is 0 Å². The van der Waals surface area contributed by atoms with Crippen LogP contribution in [-0.4, -0.2) is 9.78 Å². The summed E-state index contributed by atoms with van der Waals surface area (Å²) >= 11 is 0. The molecule has 0 bridgehead atoms. The molecule has 18 heavy (non-hydrogen) atoms. The van der Waals surface area contributed by atoms with Gasteiger partial charge in [-0.25, -0.2) is 4.68 Å². The first kappa shape index (κ1) is 10.8. The van der Waals surface area contributed by atoms with Crippen LogP contribution < -0.4 is 0 Å². The van der Waals surface area contributed by atoms with Gasteiger partial charge in [0.1, 0.15) is 0 Å². The summed E-state index contributed by atoms with van der Waals surface area (Å²) < 4.78 is 1.93. The van der Waals surface area contributed by atoms with E-state index in [1.165, 1.54) is 5.56 Å². The Kier molecular flexibility index (Phi) is 2.69. The summed E-state index contributed by atoms with van der Waals surface area (Å²) in [6, 6.07) is 20.4. The molecule has 0 spiro atoms. The smallest absolute Gasteiger partial charge is 0.0956 e. The standard InChI is InChI=1S/C16H14N2/c1-13-12-18(15-10-6-3-7-11-15)17-16(13)14-8-4-2-5-9-14/h2-12H,1H3. The lowest BCUT2D eigenvalue weighted by Crippen LogP contribution is -1.93. The van der Waals surface area contributed by atoms with E-state index in [1.807, 2.05) is 41.1 Å². The van der Waals surface area contributed by atoms with E-state index in [0.29, 0.717) is 0 Å². The minimum absolute atomic E-state index is 1.04. The highest BCUT2D eigenvalue weighted by atomic mass is 15.3. The summed E-state index contributed by atoms with van der Waals surface area (Å²) in [7, 11) is 0. The summed E-state index contributed by atoms with van der Waals surface area (Å²) in [5.74, 6) is 0. The second kappa shape index (κ2) is 4.49. The topological polar surface area (TPSA) is 17.8 Å². The van der Waals surface area contributed by atoms with Crippen molar-refractivity contribution in [1.82, 2.24) is 9.78 Å². The average Bonchev–Trinajstić information content (AvgIpc) is 2.83. The van der Waals surface area contributed by atoms with Crippen molar-refractivity contribution in [3.05, 3.63) is 72.4 Å². The van der Waals surface area contributed by atoms with Crippen molar-refractivity contribution >= 4 is 0 Å². The molecule has 0 saturated heterocycles. The summed E-state index contributed by atoms with van der Waals surface area (Å²) in [4.78, 5) is 0. The van der Waals surface area contributed by atoms with Crippen LogP contribution in [0.1, 0.15) is 5.56 Å². The maximum atomic E-state index is 4.67. The third-order valence-corrected chi connectivity index (χ3v) is 2.97. The van der Waals surface area contributed by atoms with Crippen LogP contribution in [0.25, 0.3) is 16.9 Å². The molecule has 0 unspecified atom stereocenters. The van der Waals surface area contributed by atoms with E-state index in [9.17, 15) is 0 Å². The molecule has 2 heteroatoms.